The van der Waals surface area contributed by atoms with E-state index < -0.39 is 35.0 Å². The van der Waals surface area contributed by atoms with Crippen molar-refractivity contribution in [2.24, 2.45) is 0 Å². The molecule has 0 spiro atoms. The SMILES string of the molecule is COC(OC)c1cccc(F)c1C(=O)O.O=c1[nH]ncc2cccc(F)c12. The number of nitrogens with one attached hydrogen (secondary N) is 1. The van der Waals surface area contributed by atoms with E-state index in [-0.39, 0.29) is 10.9 Å². The van der Waals surface area contributed by atoms with Crippen molar-refractivity contribution < 1.29 is 28.2 Å². The number of fused-ring (bicyclic) bond motifs is 1. The first-order chi connectivity index (χ1) is 12.9. The normalized spacial score (nSPS) is 10.6. The first kappa shape index (κ1) is 20.1. The van der Waals surface area contributed by atoms with E-state index in [1.807, 2.05) is 0 Å². The number of carboxylic acids is 1. The second kappa shape index (κ2) is 8.97. The molecule has 3 aromatic rings. The number of rotatable bonds is 4. The van der Waals surface area contributed by atoms with Crippen LogP contribution in [-0.2, 0) is 9.47 Å². The van der Waals surface area contributed by atoms with Crippen molar-refractivity contribution >= 4 is 16.7 Å². The first-order valence-corrected chi connectivity index (χ1v) is 7.59. The number of methoxy groups -OCH3 is 2. The number of carbonyl (C=O) groups is 1. The Morgan fingerprint density at radius 3 is 2.33 bits per heavy atom. The maximum absolute atomic E-state index is 13.2. The summed E-state index contributed by atoms with van der Waals surface area (Å²) < 4.78 is 36.0. The summed E-state index contributed by atoms with van der Waals surface area (Å²) in [5, 5.41) is 15.1. The van der Waals surface area contributed by atoms with Gasteiger partial charge >= 0.3 is 5.97 Å². The van der Waals surface area contributed by atoms with Crippen LogP contribution in [0.4, 0.5) is 8.78 Å². The molecule has 0 radical (unpaired) electrons. The van der Waals surface area contributed by atoms with E-state index in [0.29, 0.717) is 5.39 Å². The molecule has 1 aromatic heterocycles. The number of H-pyrrole nitrogens is 1. The first-order valence-electron chi connectivity index (χ1n) is 7.59. The van der Waals surface area contributed by atoms with Gasteiger partial charge in [-0.25, -0.2) is 18.7 Å². The number of halogens is 2. The van der Waals surface area contributed by atoms with Gasteiger partial charge in [0.1, 0.15) is 17.2 Å². The van der Waals surface area contributed by atoms with Crippen LogP contribution in [0.25, 0.3) is 10.8 Å². The van der Waals surface area contributed by atoms with Crippen LogP contribution in [0, 0.1) is 11.6 Å². The van der Waals surface area contributed by atoms with E-state index in [9.17, 15) is 18.4 Å². The highest BCUT2D eigenvalue weighted by molar-refractivity contribution is 5.89. The Hall–Kier alpha value is -3.17. The topological polar surface area (TPSA) is 102 Å². The second-order valence-electron chi connectivity index (χ2n) is 5.22. The van der Waals surface area contributed by atoms with Gasteiger partial charge in [-0.1, -0.05) is 24.3 Å². The van der Waals surface area contributed by atoms with Crippen molar-refractivity contribution in [3.63, 3.8) is 0 Å². The molecule has 27 heavy (non-hydrogen) atoms. The minimum absolute atomic E-state index is 0.0625. The van der Waals surface area contributed by atoms with Crippen LogP contribution < -0.4 is 5.56 Å². The third kappa shape index (κ3) is 4.52. The van der Waals surface area contributed by atoms with Crippen molar-refractivity contribution in [3.8, 4) is 0 Å². The zero-order chi connectivity index (χ0) is 20.0. The van der Waals surface area contributed by atoms with Crippen molar-refractivity contribution in [2.45, 2.75) is 6.29 Å². The zero-order valence-corrected chi connectivity index (χ0v) is 14.4. The number of hydrogen-bond acceptors (Lipinski definition) is 5. The molecule has 2 N–H and O–H groups in total. The predicted molar refractivity (Wildman–Crippen MR) is 92.4 cm³/mol. The van der Waals surface area contributed by atoms with Gasteiger partial charge in [0.15, 0.2) is 6.29 Å². The molecular formula is C18H16F2N2O5. The molecule has 0 saturated heterocycles. The summed E-state index contributed by atoms with van der Waals surface area (Å²) in [5.41, 5.74) is -0.760. The molecule has 0 saturated carbocycles. The van der Waals surface area contributed by atoms with Gasteiger partial charge in [-0.05, 0) is 12.1 Å². The Labute approximate surface area is 152 Å². The summed E-state index contributed by atoms with van der Waals surface area (Å²) in [4.78, 5) is 21.9. The fourth-order valence-electron chi connectivity index (χ4n) is 2.42. The summed E-state index contributed by atoms with van der Waals surface area (Å²) in [5.74, 6) is -2.67. The number of aromatic amines is 1. The van der Waals surface area contributed by atoms with Crippen molar-refractivity contribution in [3.05, 3.63) is 75.7 Å². The van der Waals surface area contributed by atoms with Gasteiger partial charge in [0.2, 0.25) is 0 Å². The van der Waals surface area contributed by atoms with Crippen molar-refractivity contribution in [1.29, 1.82) is 0 Å². The molecule has 142 valence electrons. The van der Waals surface area contributed by atoms with Crippen LogP contribution >= 0.6 is 0 Å². The number of hydrogen-bond donors (Lipinski definition) is 2. The number of ether oxygens (including phenoxy) is 2. The van der Waals surface area contributed by atoms with Crippen LogP contribution in [0.5, 0.6) is 0 Å². The maximum Gasteiger partial charge on any atom is 0.339 e. The van der Waals surface area contributed by atoms with Crippen molar-refractivity contribution in [2.75, 3.05) is 14.2 Å². The summed E-state index contributed by atoms with van der Waals surface area (Å²) in [6, 6.07) is 8.36. The second-order valence-corrected chi connectivity index (χ2v) is 5.22. The average Bonchev–Trinajstić information content (AvgIpc) is 2.63. The maximum atomic E-state index is 13.2. The van der Waals surface area contributed by atoms with E-state index in [4.69, 9.17) is 14.6 Å². The molecule has 0 bridgehead atoms. The lowest BCUT2D eigenvalue weighted by atomic mass is 10.1. The summed E-state index contributed by atoms with van der Waals surface area (Å²) in [7, 11) is 2.70. The molecule has 0 fully saturated rings. The molecular weight excluding hydrogens is 362 g/mol. The van der Waals surface area contributed by atoms with Gasteiger partial charge in [0, 0.05) is 25.2 Å². The molecule has 0 amide bonds. The standard InChI is InChI=1S/C10H11FO4.C8H5FN2O/c1-14-10(15-2)6-4-3-5-7(11)8(6)9(12)13;9-6-3-1-2-5-4-10-11-8(12)7(5)6/h3-5,10H,1-2H3,(H,12,13);1-4H,(H,11,12). The third-order valence-corrected chi connectivity index (χ3v) is 3.58. The van der Waals surface area contributed by atoms with Crippen LogP contribution in [0.1, 0.15) is 22.2 Å². The molecule has 2 aromatic carbocycles. The van der Waals surface area contributed by atoms with Crippen molar-refractivity contribution in [1.82, 2.24) is 10.2 Å². The van der Waals surface area contributed by atoms with E-state index >= 15 is 0 Å². The molecule has 0 aliphatic carbocycles. The lowest BCUT2D eigenvalue weighted by Crippen LogP contribution is -2.12. The summed E-state index contributed by atoms with van der Waals surface area (Å²) >= 11 is 0. The van der Waals surface area contributed by atoms with E-state index in [1.165, 1.54) is 38.6 Å². The fourth-order valence-corrected chi connectivity index (χ4v) is 2.42. The van der Waals surface area contributed by atoms with Crippen LogP contribution in [0.3, 0.4) is 0 Å². The predicted octanol–water partition coefficient (Wildman–Crippen LogP) is 2.88. The molecule has 7 nitrogen and oxygen atoms in total. The monoisotopic (exact) mass is 378 g/mol. The number of aromatic carboxylic acids is 1. The number of aromatic nitrogens is 2. The molecule has 3 rings (SSSR count). The Balaban J connectivity index is 0.000000198. The molecule has 0 atom stereocenters. The van der Waals surface area contributed by atoms with Gasteiger partial charge in [0.25, 0.3) is 5.56 Å². The Morgan fingerprint density at radius 1 is 1.11 bits per heavy atom. The zero-order valence-electron chi connectivity index (χ0n) is 14.4. The lowest BCUT2D eigenvalue weighted by molar-refractivity contribution is -0.106. The van der Waals surface area contributed by atoms with E-state index in [2.05, 4.69) is 10.2 Å². The summed E-state index contributed by atoms with van der Waals surface area (Å²) in [6.07, 6.45) is 0.534. The molecule has 0 aliphatic heterocycles. The van der Waals surface area contributed by atoms with Crippen LogP contribution in [0.15, 0.2) is 47.4 Å². The quantitative estimate of drug-likeness (QED) is 0.677. The molecule has 1 heterocycles. The number of benzene rings is 2. The third-order valence-electron chi connectivity index (χ3n) is 3.58. The smallest absolute Gasteiger partial charge is 0.339 e. The minimum Gasteiger partial charge on any atom is -0.478 e. The highest BCUT2D eigenvalue weighted by atomic mass is 19.1. The Morgan fingerprint density at radius 2 is 1.74 bits per heavy atom. The molecule has 0 unspecified atom stereocenters. The fraction of sp³-hybridized carbons (Fsp3) is 0.167. The van der Waals surface area contributed by atoms with Gasteiger partial charge in [-0.2, -0.15) is 5.10 Å². The molecule has 9 heteroatoms. The molecule has 0 aliphatic rings. The van der Waals surface area contributed by atoms with Gasteiger partial charge in [0.05, 0.1) is 11.6 Å². The summed E-state index contributed by atoms with van der Waals surface area (Å²) in [6.45, 7) is 0. The lowest BCUT2D eigenvalue weighted by Gasteiger charge is -2.15. The van der Waals surface area contributed by atoms with E-state index in [0.717, 1.165) is 6.07 Å². The highest BCUT2D eigenvalue weighted by Gasteiger charge is 2.21. The minimum atomic E-state index is -1.35. The Bertz CT molecular complexity index is 997. The van der Waals surface area contributed by atoms with Gasteiger partial charge < -0.3 is 14.6 Å². The highest BCUT2D eigenvalue weighted by Crippen LogP contribution is 2.23. The van der Waals surface area contributed by atoms with Gasteiger partial charge in [-0.15, -0.1) is 0 Å². The number of nitrogens with zero attached hydrogens (tertiary/aromatic N) is 1. The van der Waals surface area contributed by atoms with E-state index in [1.54, 1.807) is 12.1 Å². The largest absolute Gasteiger partial charge is 0.478 e. The Kier molecular flexibility index (Phi) is 6.69. The number of carboxylic acid groups (broad SMARTS) is 1. The van der Waals surface area contributed by atoms with Crippen LogP contribution in [0.2, 0.25) is 0 Å². The van der Waals surface area contributed by atoms with Gasteiger partial charge in [-0.3, -0.25) is 4.79 Å². The van der Waals surface area contributed by atoms with Crippen LogP contribution in [-0.4, -0.2) is 35.5 Å². The average molecular weight is 378 g/mol.